The van der Waals surface area contributed by atoms with Crippen molar-refractivity contribution in [1.82, 2.24) is 5.32 Å². The number of amides is 1. The predicted molar refractivity (Wildman–Crippen MR) is 87.5 cm³/mol. The second kappa shape index (κ2) is 5.82. The topological polar surface area (TPSA) is 68.5 Å². The van der Waals surface area contributed by atoms with Crippen molar-refractivity contribution in [2.45, 2.75) is 38.6 Å². The summed E-state index contributed by atoms with van der Waals surface area (Å²) in [5.74, 6) is 1.53. The average molecular weight is 325 g/mol. The van der Waals surface area contributed by atoms with Crippen LogP contribution in [0, 0.1) is 6.92 Å². The fourth-order valence-electron chi connectivity index (χ4n) is 3.58. The zero-order valence-corrected chi connectivity index (χ0v) is 13.6. The van der Waals surface area contributed by atoms with Crippen molar-refractivity contribution in [2.24, 2.45) is 0 Å². The summed E-state index contributed by atoms with van der Waals surface area (Å²) in [6, 6.07) is 7.60. The zero-order chi connectivity index (χ0) is 16.7. The molecule has 0 bridgehead atoms. The summed E-state index contributed by atoms with van der Waals surface area (Å²) in [6.07, 6.45) is 2.74. The van der Waals surface area contributed by atoms with E-state index in [0.29, 0.717) is 36.3 Å². The van der Waals surface area contributed by atoms with Crippen LogP contribution in [0.25, 0.3) is 0 Å². The lowest BCUT2D eigenvalue weighted by Gasteiger charge is -2.26. The Morgan fingerprint density at radius 2 is 2.08 bits per heavy atom. The molecule has 0 saturated carbocycles. The highest BCUT2D eigenvalue weighted by Gasteiger charge is 2.30. The van der Waals surface area contributed by atoms with Crippen molar-refractivity contribution in [1.29, 1.82) is 0 Å². The molecule has 1 aromatic heterocycles. The first-order chi connectivity index (χ1) is 11.6. The zero-order valence-electron chi connectivity index (χ0n) is 13.6. The van der Waals surface area contributed by atoms with Crippen molar-refractivity contribution in [3.8, 4) is 5.75 Å². The quantitative estimate of drug-likeness (QED) is 0.919. The number of aryl methyl sites for hydroxylation is 1. The molecule has 1 aliphatic heterocycles. The first-order valence-electron chi connectivity index (χ1n) is 8.33. The Morgan fingerprint density at radius 3 is 2.92 bits per heavy atom. The third kappa shape index (κ3) is 2.40. The normalized spacial score (nSPS) is 19.2. The first kappa shape index (κ1) is 15.0. The van der Waals surface area contributed by atoms with Gasteiger partial charge < -0.3 is 14.5 Å². The van der Waals surface area contributed by atoms with Crippen molar-refractivity contribution in [3.05, 3.63) is 52.5 Å². The van der Waals surface area contributed by atoms with Gasteiger partial charge in [0.05, 0.1) is 18.2 Å². The number of ketones is 1. The molecule has 1 unspecified atom stereocenters. The fourth-order valence-corrected chi connectivity index (χ4v) is 3.58. The molecule has 1 atom stereocenters. The molecule has 124 valence electrons. The standard InChI is InChI=1S/C19H19NO4/c1-11-17-14(21)6-4-8-16(17)24-18(11)19(22)20-13-9-10-23-15-7-3-2-5-12(13)15/h2-3,5,7,13H,4,6,8-10H2,1H3,(H,20,22). The van der Waals surface area contributed by atoms with Crippen LogP contribution in [0.5, 0.6) is 5.75 Å². The molecule has 1 aromatic carbocycles. The van der Waals surface area contributed by atoms with Crippen LogP contribution in [0.1, 0.15) is 63.1 Å². The van der Waals surface area contributed by atoms with E-state index in [-0.39, 0.29) is 23.5 Å². The largest absolute Gasteiger partial charge is 0.493 e. The Bertz CT molecular complexity index is 821. The van der Waals surface area contributed by atoms with Crippen molar-refractivity contribution in [3.63, 3.8) is 0 Å². The summed E-state index contributed by atoms with van der Waals surface area (Å²) in [5.41, 5.74) is 2.24. The van der Waals surface area contributed by atoms with Crippen LogP contribution in [-0.2, 0) is 6.42 Å². The molecular formula is C19H19NO4. The van der Waals surface area contributed by atoms with Gasteiger partial charge in [0.15, 0.2) is 11.5 Å². The van der Waals surface area contributed by atoms with Crippen LogP contribution in [0.15, 0.2) is 28.7 Å². The molecule has 1 N–H and O–H groups in total. The molecule has 2 aromatic rings. The van der Waals surface area contributed by atoms with E-state index in [2.05, 4.69) is 5.32 Å². The molecule has 24 heavy (non-hydrogen) atoms. The molecule has 0 fully saturated rings. The highest BCUT2D eigenvalue weighted by Crippen LogP contribution is 2.33. The summed E-state index contributed by atoms with van der Waals surface area (Å²) in [6.45, 7) is 2.35. The average Bonchev–Trinajstić information content (AvgIpc) is 2.93. The SMILES string of the molecule is Cc1c(C(=O)NC2CCOc3ccccc32)oc2c1C(=O)CCC2. The number of ether oxygens (including phenoxy) is 1. The Balaban J connectivity index is 1.61. The highest BCUT2D eigenvalue weighted by atomic mass is 16.5. The van der Waals surface area contributed by atoms with Gasteiger partial charge in [-0.05, 0) is 19.4 Å². The number of hydrogen-bond acceptors (Lipinski definition) is 4. The molecule has 0 saturated heterocycles. The fraction of sp³-hybridized carbons (Fsp3) is 0.368. The number of furan rings is 1. The number of para-hydroxylation sites is 1. The van der Waals surface area contributed by atoms with Crippen LogP contribution in [0.3, 0.4) is 0 Å². The van der Waals surface area contributed by atoms with Crippen molar-refractivity contribution < 1.29 is 18.7 Å². The minimum absolute atomic E-state index is 0.0768. The molecule has 4 rings (SSSR count). The number of Topliss-reactive ketones (excluding diaryl/α,β-unsaturated/α-hetero) is 1. The number of carbonyl (C=O) groups excluding carboxylic acids is 2. The van der Waals surface area contributed by atoms with Gasteiger partial charge in [0, 0.05) is 30.4 Å². The third-order valence-electron chi connectivity index (χ3n) is 4.78. The molecule has 0 spiro atoms. The monoisotopic (exact) mass is 325 g/mol. The Hall–Kier alpha value is -2.56. The Kier molecular flexibility index (Phi) is 3.63. The highest BCUT2D eigenvalue weighted by molar-refractivity contribution is 6.03. The number of carbonyl (C=O) groups is 2. The third-order valence-corrected chi connectivity index (χ3v) is 4.78. The summed E-state index contributed by atoms with van der Waals surface area (Å²) in [4.78, 5) is 24.8. The summed E-state index contributed by atoms with van der Waals surface area (Å²) >= 11 is 0. The molecule has 2 heterocycles. The van der Waals surface area contributed by atoms with E-state index in [9.17, 15) is 9.59 Å². The maximum atomic E-state index is 12.7. The summed E-state index contributed by atoms with van der Waals surface area (Å²) in [7, 11) is 0. The molecule has 1 amide bonds. The first-order valence-corrected chi connectivity index (χ1v) is 8.33. The van der Waals surface area contributed by atoms with Crippen molar-refractivity contribution >= 4 is 11.7 Å². The minimum Gasteiger partial charge on any atom is -0.493 e. The number of fused-ring (bicyclic) bond motifs is 2. The minimum atomic E-state index is -0.267. The molecule has 5 heteroatoms. The van der Waals surface area contributed by atoms with Gasteiger partial charge in [0.2, 0.25) is 0 Å². The number of hydrogen-bond donors (Lipinski definition) is 1. The van der Waals surface area contributed by atoms with Gasteiger partial charge in [0.1, 0.15) is 11.5 Å². The lowest BCUT2D eigenvalue weighted by molar-refractivity contribution is 0.0891. The van der Waals surface area contributed by atoms with Gasteiger partial charge in [-0.15, -0.1) is 0 Å². The number of rotatable bonds is 2. The van der Waals surface area contributed by atoms with Crippen LogP contribution in [-0.4, -0.2) is 18.3 Å². The van der Waals surface area contributed by atoms with E-state index in [1.165, 1.54) is 0 Å². The van der Waals surface area contributed by atoms with Gasteiger partial charge in [-0.2, -0.15) is 0 Å². The van der Waals surface area contributed by atoms with E-state index >= 15 is 0 Å². The van der Waals surface area contributed by atoms with E-state index in [0.717, 1.165) is 24.2 Å². The van der Waals surface area contributed by atoms with Crippen LogP contribution in [0.2, 0.25) is 0 Å². The maximum absolute atomic E-state index is 12.7. The second-order valence-electron chi connectivity index (χ2n) is 6.33. The van der Waals surface area contributed by atoms with E-state index < -0.39 is 0 Å². The predicted octanol–water partition coefficient (Wildman–Crippen LogP) is 3.36. The molecule has 0 radical (unpaired) electrons. The van der Waals surface area contributed by atoms with Crippen LogP contribution in [0.4, 0.5) is 0 Å². The van der Waals surface area contributed by atoms with Gasteiger partial charge in [0.25, 0.3) is 5.91 Å². The van der Waals surface area contributed by atoms with Gasteiger partial charge in [-0.25, -0.2) is 0 Å². The molecule has 2 aliphatic rings. The Labute approximate surface area is 140 Å². The van der Waals surface area contributed by atoms with Gasteiger partial charge in [-0.1, -0.05) is 18.2 Å². The lowest BCUT2D eigenvalue weighted by atomic mass is 9.94. The molecule has 5 nitrogen and oxygen atoms in total. The Morgan fingerprint density at radius 1 is 1.25 bits per heavy atom. The van der Waals surface area contributed by atoms with Crippen LogP contribution >= 0.6 is 0 Å². The van der Waals surface area contributed by atoms with E-state index in [1.807, 2.05) is 24.3 Å². The number of nitrogens with one attached hydrogen (secondary N) is 1. The smallest absolute Gasteiger partial charge is 0.287 e. The van der Waals surface area contributed by atoms with E-state index in [1.54, 1.807) is 6.92 Å². The van der Waals surface area contributed by atoms with Gasteiger partial charge >= 0.3 is 0 Å². The van der Waals surface area contributed by atoms with E-state index in [4.69, 9.17) is 9.15 Å². The van der Waals surface area contributed by atoms with Gasteiger partial charge in [-0.3, -0.25) is 9.59 Å². The number of benzene rings is 1. The summed E-state index contributed by atoms with van der Waals surface area (Å²) in [5, 5.41) is 3.03. The maximum Gasteiger partial charge on any atom is 0.287 e. The summed E-state index contributed by atoms with van der Waals surface area (Å²) < 4.78 is 11.4. The lowest BCUT2D eigenvalue weighted by Crippen LogP contribution is -2.32. The van der Waals surface area contributed by atoms with Crippen LogP contribution < -0.4 is 10.1 Å². The van der Waals surface area contributed by atoms with Crippen molar-refractivity contribution in [2.75, 3.05) is 6.61 Å². The second-order valence-corrected chi connectivity index (χ2v) is 6.33. The molecule has 1 aliphatic carbocycles. The molecular weight excluding hydrogens is 306 g/mol.